The molecule has 2 aromatic rings. The molecule has 1 aliphatic heterocycles. The van der Waals surface area contributed by atoms with E-state index >= 15 is 0 Å². The number of carbonyl (C=O) groups excluding carboxylic acids is 3. The summed E-state index contributed by atoms with van der Waals surface area (Å²) in [4.78, 5) is 53.8. The van der Waals surface area contributed by atoms with Crippen LogP contribution in [0.2, 0.25) is 0 Å². The lowest BCUT2D eigenvalue weighted by Gasteiger charge is -2.27. The summed E-state index contributed by atoms with van der Waals surface area (Å²) in [6.45, 7) is 5.87. The van der Waals surface area contributed by atoms with E-state index in [1.54, 1.807) is 6.20 Å². The van der Waals surface area contributed by atoms with Gasteiger partial charge in [0.2, 0.25) is 17.7 Å². The number of fused-ring (bicyclic) bond motifs is 1. The van der Waals surface area contributed by atoms with Crippen LogP contribution in [0.5, 0.6) is 0 Å². The van der Waals surface area contributed by atoms with E-state index in [2.05, 4.69) is 26.3 Å². The first kappa shape index (κ1) is 28.1. The lowest BCUT2D eigenvalue weighted by Crippen LogP contribution is -2.60. The fourth-order valence-electron chi connectivity index (χ4n) is 4.52. The van der Waals surface area contributed by atoms with Crippen LogP contribution in [0, 0.1) is 5.92 Å². The van der Waals surface area contributed by atoms with Crippen LogP contribution in [-0.4, -0.2) is 75.7 Å². The lowest BCUT2D eigenvalue weighted by atomic mass is 10.0. The molecule has 3 rings (SSSR count). The number of carbonyl (C=O) groups is 4. The van der Waals surface area contributed by atoms with Gasteiger partial charge in [0.25, 0.3) is 0 Å². The molecule has 0 aliphatic carbocycles. The van der Waals surface area contributed by atoms with E-state index in [0.717, 1.165) is 23.9 Å². The molecule has 7 N–H and O–H groups in total. The summed E-state index contributed by atoms with van der Waals surface area (Å²) < 4.78 is 0. The number of para-hydroxylation sites is 1. The van der Waals surface area contributed by atoms with E-state index in [9.17, 15) is 29.4 Å². The molecule has 5 atom stereocenters. The summed E-state index contributed by atoms with van der Waals surface area (Å²) in [6.07, 6.45) is 2.26. The van der Waals surface area contributed by atoms with Crippen molar-refractivity contribution >= 4 is 34.6 Å². The van der Waals surface area contributed by atoms with Crippen LogP contribution in [0.25, 0.3) is 10.9 Å². The smallest absolute Gasteiger partial charge is 0.326 e. The van der Waals surface area contributed by atoms with E-state index in [0.29, 0.717) is 18.4 Å². The number of aromatic nitrogens is 1. The van der Waals surface area contributed by atoms with Crippen molar-refractivity contribution < 1.29 is 29.4 Å². The molecule has 0 saturated carbocycles. The summed E-state index contributed by atoms with van der Waals surface area (Å²) in [5, 5.41) is 31.7. The van der Waals surface area contributed by atoms with Crippen molar-refractivity contribution in [2.75, 3.05) is 6.54 Å². The van der Waals surface area contributed by atoms with Crippen LogP contribution in [0.4, 0.5) is 0 Å². The number of aromatic amines is 1. The van der Waals surface area contributed by atoms with Crippen molar-refractivity contribution in [1.82, 2.24) is 26.3 Å². The van der Waals surface area contributed by atoms with Gasteiger partial charge >= 0.3 is 5.97 Å². The summed E-state index contributed by atoms with van der Waals surface area (Å²) in [5.41, 5.74) is 1.55. The quantitative estimate of drug-likeness (QED) is 0.215. The van der Waals surface area contributed by atoms with Crippen LogP contribution in [-0.2, 0) is 25.6 Å². The molecule has 37 heavy (non-hydrogen) atoms. The summed E-state index contributed by atoms with van der Waals surface area (Å²) >= 11 is 0. The highest BCUT2D eigenvalue weighted by atomic mass is 16.4. The minimum Gasteiger partial charge on any atom is -0.480 e. The van der Waals surface area contributed by atoms with Gasteiger partial charge < -0.3 is 36.5 Å². The molecule has 0 bridgehead atoms. The molecule has 0 radical (unpaired) electrons. The first-order valence-electron chi connectivity index (χ1n) is 12.7. The third-order valence-corrected chi connectivity index (χ3v) is 6.49. The molecule has 202 valence electrons. The number of nitrogens with one attached hydrogen (secondary N) is 5. The van der Waals surface area contributed by atoms with Gasteiger partial charge in [-0.1, -0.05) is 32.0 Å². The average molecular weight is 516 g/mol. The number of rotatable bonds is 12. The van der Waals surface area contributed by atoms with Crippen molar-refractivity contribution in [1.29, 1.82) is 0 Å². The Morgan fingerprint density at radius 3 is 2.38 bits per heavy atom. The number of aliphatic hydroxyl groups is 1. The van der Waals surface area contributed by atoms with E-state index in [1.807, 2.05) is 38.1 Å². The Kier molecular flexibility index (Phi) is 9.65. The summed E-state index contributed by atoms with van der Waals surface area (Å²) in [5.74, 6) is -2.92. The van der Waals surface area contributed by atoms with E-state index < -0.39 is 42.0 Å². The Labute approximate surface area is 215 Å². The topological polar surface area (TPSA) is 173 Å². The number of hydrogen-bond acceptors (Lipinski definition) is 6. The average Bonchev–Trinajstić information content (AvgIpc) is 3.51. The molecule has 0 spiro atoms. The number of H-pyrrole nitrogens is 1. The second-order valence-electron chi connectivity index (χ2n) is 10.0. The predicted octanol–water partition coefficient (Wildman–Crippen LogP) is 0.428. The standard InChI is InChI=1S/C26H37N5O6/c1-14(2)11-20(29-23(33)19-9-6-10-27-19)24(34)31-22(15(3)32)25(35)30-21(26(36)37)12-16-13-28-18-8-5-4-7-17(16)18/h4-5,7-8,13-15,19-22,27-28,32H,6,9-12H2,1-3H3,(H,29,33)(H,30,35)(H,31,34)(H,36,37). The molecule has 3 amide bonds. The Balaban J connectivity index is 1.69. The molecule has 1 fully saturated rings. The van der Waals surface area contributed by atoms with Crippen LogP contribution in [0.3, 0.4) is 0 Å². The van der Waals surface area contributed by atoms with Gasteiger partial charge in [-0.25, -0.2) is 4.79 Å². The number of hydrogen-bond donors (Lipinski definition) is 7. The van der Waals surface area contributed by atoms with Gasteiger partial charge in [0.05, 0.1) is 12.1 Å². The minimum absolute atomic E-state index is 0.00594. The van der Waals surface area contributed by atoms with Crippen LogP contribution >= 0.6 is 0 Å². The first-order valence-corrected chi connectivity index (χ1v) is 12.7. The SMILES string of the molecule is CC(C)CC(NC(=O)C1CCCN1)C(=O)NC(C(=O)NC(Cc1c[nH]c2ccccc12)C(=O)O)C(C)O. The third kappa shape index (κ3) is 7.53. The second-order valence-corrected chi connectivity index (χ2v) is 10.0. The second kappa shape index (κ2) is 12.7. The van der Waals surface area contributed by atoms with Crippen LogP contribution < -0.4 is 21.3 Å². The number of carboxylic acid groups (broad SMARTS) is 1. The van der Waals surface area contributed by atoms with E-state index in [-0.39, 0.29) is 24.3 Å². The summed E-state index contributed by atoms with van der Waals surface area (Å²) in [6, 6.07) is 3.42. The number of aliphatic carboxylic acids is 1. The molecule has 1 aromatic heterocycles. The Bertz CT molecular complexity index is 1110. The maximum atomic E-state index is 13.1. The summed E-state index contributed by atoms with van der Waals surface area (Å²) in [7, 11) is 0. The highest BCUT2D eigenvalue weighted by Crippen LogP contribution is 2.19. The molecule has 1 saturated heterocycles. The fraction of sp³-hybridized carbons (Fsp3) is 0.538. The first-order chi connectivity index (χ1) is 17.6. The number of aliphatic hydroxyl groups excluding tert-OH is 1. The van der Waals surface area contributed by atoms with E-state index in [1.165, 1.54) is 6.92 Å². The molecule has 11 heteroatoms. The molecule has 2 heterocycles. The lowest BCUT2D eigenvalue weighted by molar-refractivity contribution is -0.143. The number of benzene rings is 1. The van der Waals surface area contributed by atoms with Gasteiger partial charge in [0, 0.05) is 23.5 Å². The van der Waals surface area contributed by atoms with Crippen molar-refractivity contribution in [2.45, 2.75) is 76.7 Å². The highest BCUT2D eigenvalue weighted by Gasteiger charge is 2.34. The Morgan fingerprint density at radius 1 is 1.03 bits per heavy atom. The van der Waals surface area contributed by atoms with Crippen molar-refractivity contribution in [3.63, 3.8) is 0 Å². The minimum atomic E-state index is -1.41. The third-order valence-electron chi connectivity index (χ3n) is 6.49. The monoisotopic (exact) mass is 515 g/mol. The van der Waals surface area contributed by atoms with Gasteiger partial charge in [0.15, 0.2) is 0 Å². The van der Waals surface area contributed by atoms with Gasteiger partial charge in [0.1, 0.15) is 18.1 Å². The van der Waals surface area contributed by atoms with E-state index in [4.69, 9.17) is 0 Å². The Hall–Kier alpha value is -3.44. The van der Waals surface area contributed by atoms with Gasteiger partial charge in [-0.15, -0.1) is 0 Å². The zero-order valence-corrected chi connectivity index (χ0v) is 21.4. The van der Waals surface area contributed by atoms with Crippen molar-refractivity contribution in [2.24, 2.45) is 5.92 Å². The predicted molar refractivity (Wildman–Crippen MR) is 138 cm³/mol. The fourth-order valence-corrected chi connectivity index (χ4v) is 4.52. The zero-order chi connectivity index (χ0) is 27.1. The van der Waals surface area contributed by atoms with Crippen molar-refractivity contribution in [3.8, 4) is 0 Å². The maximum Gasteiger partial charge on any atom is 0.326 e. The molecule has 1 aliphatic rings. The van der Waals surface area contributed by atoms with Crippen molar-refractivity contribution in [3.05, 3.63) is 36.0 Å². The zero-order valence-electron chi connectivity index (χ0n) is 21.4. The van der Waals surface area contributed by atoms with Gasteiger partial charge in [-0.3, -0.25) is 14.4 Å². The van der Waals surface area contributed by atoms with Gasteiger partial charge in [-0.05, 0) is 50.3 Å². The number of amides is 3. The molecular weight excluding hydrogens is 478 g/mol. The molecule has 11 nitrogen and oxygen atoms in total. The molecule has 1 aromatic carbocycles. The Morgan fingerprint density at radius 2 is 1.76 bits per heavy atom. The highest BCUT2D eigenvalue weighted by molar-refractivity contribution is 5.94. The van der Waals surface area contributed by atoms with Crippen LogP contribution in [0.1, 0.15) is 45.6 Å². The van der Waals surface area contributed by atoms with Gasteiger partial charge in [-0.2, -0.15) is 0 Å². The molecular formula is C26H37N5O6. The largest absolute Gasteiger partial charge is 0.480 e. The number of carboxylic acids is 1. The maximum absolute atomic E-state index is 13.1. The normalized spacial score (nSPS) is 18.7. The van der Waals surface area contributed by atoms with Crippen LogP contribution in [0.15, 0.2) is 30.5 Å². The molecule has 5 unspecified atom stereocenters.